The third kappa shape index (κ3) is 4.11. The smallest absolute Gasteiger partial charge is 0.220 e. The zero-order valence-corrected chi connectivity index (χ0v) is 15.7. The molecule has 6 heteroatoms. The molecule has 0 unspecified atom stereocenters. The molecule has 6 nitrogen and oxygen atoms in total. The number of amides is 1. The van der Waals surface area contributed by atoms with Crippen LogP contribution in [-0.4, -0.2) is 31.6 Å². The van der Waals surface area contributed by atoms with Crippen LogP contribution in [0.25, 0.3) is 16.7 Å². The predicted octanol–water partition coefficient (Wildman–Crippen LogP) is 3.36. The Morgan fingerprint density at radius 1 is 1.04 bits per heavy atom. The van der Waals surface area contributed by atoms with Gasteiger partial charge in [-0.1, -0.05) is 30.3 Å². The summed E-state index contributed by atoms with van der Waals surface area (Å²) in [5.41, 5.74) is 3.07. The number of carbonyl (C=O) groups excluding carboxylic acids is 1. The van der Waals surface area contributed by atoms with Gasteiger partial charge >= 0.3 is 0 Å². The maximum atomic E-state index is 12.3. The normalized spacial score (nSPS) is 11.0. The predicted molar refractivity (Wildman–Crippen MR) is 109 cm³/mol. The van der Waals surface area contributed by atoms with Crippen molar-refractivity contribution in [2.24, 2.45) is 0 Å². The van der Waals surface area contributed by atoms with Gasteiger partial charge in [0.15, 0.2) is 0 Å². The minimum absolute atomic E-state index is 0.0531. The van der Waals surface area contributed by atoms with E-state index in [0.29, 0.717) is 19.4 Å². The molecule has 4 rings (SSSR count). The maximum absolute atomic E-state index is 12.3. The Labute approximate surface area is 163 Å². The lowest BCUT2D eigenvalue weighted by Crippen LogP contribution is -2.25. The number of hydrogen-bond acceptors (Lipinski definition) is 3. The van der Waals surface area contributed by atoms with E-state index in [4.69, 9.17) is 4.98 Å². The molecule has 0 aliphatic carbocycles. The van der Waals surface area contributed by atoms with E-state index in [1.165, 1.54) is 0 Å². The van der Waals surface area contributed by atoms with Gasteiger partial charge in [0.25, 0.3) is 0 Å². The zero-order chi connectivity index (χ0) is 19.2. The molecule has 2 aromatic heterocycles. The lowest BCUT2D eigenvalue weighted by molar-refractivity contribution is -0.121. The summed E-state index contributed by atoms with van der Waals surface area (Å²) in [7, 11) is 0. The quantitative estimate of drug-likeness (QED) is 0.482. The fourth-order valence-corrected chi connectivity index (χ4v) is 3.33. The number of imidazole rings is 2. The lowest BCUT2D eigenvalue weighted by atomic mass is 10.2. The fraction of sp³-hybridized carbons (Fsp3) is 0.227. The van der Waals surface area contributed by atoms with E-state index in [1.807, 2.05) is 47.2 Å². The first-order valence-corrected chi connectivity index (χ1v) is 9.55. The molecule has 0 spiro atoms. The van der Waals surface area contributed by atoms with Crippen molar-refractivity contribution in [3.63, 3.8) is 0 Å². The number of carbonyl (C=O) groups is 1. The van der Waals surface area contributed by atoms with E-state index in [2.05, 4.69) is 33.1 Å². The fourth-order valence-electron chi connectivity index (χ4n) is 3.33. The van der Waals surface area contributed by atoms with Crippen LogP contribution >= 0.6 is 0 Å². The average molecular weight is 373 g/mol. The molecule has 0 bridgehead atoms. The van der Waals surface area contributed by atoms with Crippen LogP contribution in [0.15, 0.2) is 73.3 Å². The van der Waals surface area contributed by atoms with Crippen LogP contribution in [0, 0.1) is 0 Å². The van der Waals surface area contributed by atoms with E-state index in [9.17, 15) is 4.79 Å². The molecule has 0 aliphatic rings. The van der Waals surface area contributed by atoms with Crippen LogP contribution in [0.1, 0.15) is 18.7 Å². The number of nitrogens with zero attached hydrogens (tertiary/aromatic N) is 4. The zero-order valence-electron chi connectivity index (χ0n) is 15.7. The summed E-state index contributed by atoms with van der Waals surface area (Å²) in [6, 6.07) is 18.2. The second-order valence-corrected chi connectivity index (χ2v) is 6.69. The van der Waals surface area contributed by atoms with Crippen molar-refractivity contribution >= 4 is 16.9 Å². The molecule has 142 valence electrons. The first-order chi connectivity index (χ1) is 13.8. The highest BCUT2D eigenvalue weighted by atomic mass is 16.1. The molecular formula is C22H23N5O. The summed E-state index contributed by atoms with van der Waals surface area (Å²) in [4.78, 5) is 21.1. The third-order valence-electron chi connectivity index (χ3n) is 4.69. The number of hydrogen-bond donors (Lipinski definition) is 1. The highest BCUT2D eigenvalue weighted by molar-refractivity contribution is 5.79. The average Bonchev–Trinajstić information content (AvgIpc) is 3.37. The number of fused-ring (bicyclic) bond motifs is 1. The second kappa shape index (κ2) is 8.52. The van der Waals surface area contributed by atoms with Crippen molar-refractivity contribution in [2.45, 2.75) is 25.8 Å². The third-order valence-corrected chi connectivity index (χ3v) is 4.69. The number of aromatic nitrogens is 4. The minimum Gasteiger partial charge on any atom is -0.356 e. The molecule has 2 aromatic carbocycles. The summed E-state index contributed by atoms with van der Waals surface area (Å²) in [6.07, 6.45) is 7.37. The van der Waals surface area contributed by atoms with Gasteiger partial charge in [0.2, 0.25) is 5.91 Å². The van der Waals surface area contributed by atoms with Crippen molar-refractivity contribution < 1.29 is 4.79 Å². The summed E-state index contributed by atoms with van der Waals surface area (Å²) in [5, 5.41) is 3.00. The van der Waals surface area contributed by atoms with E-state index >= 15 is 0 Å². The Bertz CT molecular complexity index is 1040. The Morgan fingerprint density at radius 3 is 2.68 bits per heavy atom. The Balaban J connectivity index is 1.39. The molecule has 2 heterocycles. The number of nitrogens with one attached hydrogen (secondary N) is 1. The molecule has 0 atom stereocenters. The van der Waals surface area contributed by atoms with Gasteiger partial charge in [-0.25, -0.2) is 9.97 Å². The van der Waals surface area contributed by atoms with E-state index in [1.54, 1.807) is 12.5 Å². The molecule has 1 amide bonds. The monoisotopic (exact) mass is 373 g/mol. The maximum Gasteiger partial charge on any atom is 0.220 e. The molecule has 0 saturated carbocycles. The van der Waals surface area contributed by atoms with Gasteiger partial charge in [-0.3, -0.25) is 9.36 Å². The summed E-state index contributed by atoms with van der Waals surface area (Å²) < 4.78 is 4.15. The molecule has 0 fully saturated rings. The molecular weight excluding hydrogens is 350 g/mol. The Hall–Kier alpha value is -3.41. The van der Waals surface area contributed by atoms with Crippen molar-refractivity contribution in [2.75, 3.05) is 6.54 Å². The van der Waals surface area contributed by atoms with Crippen LogP contribution in [0.4, 0.5) is 0 Å². The van der Waals surface area contributed by atoms with Crippen molar-refractivity contribution in [1.82, 2.24) is 24.4 Å². The van der Waals surface area contributed by atoms with Gasteiger partial charge in [0.05, 0.1) is 17.4 Å². The van der Waals surface area contributed by atoms with Crippen LogP contribution in [0.3, 0.4) is 0 Å². The first-order valence-electron chi connectivity index (χ1n) is 9.55. The molecule has 0 saturated heterocycles. The molecule has 0 radical (unpaired) electrons. The summed E-state index contributed by atoms with van der Waals surface area (Å²) in [6.45, 7) is 1.51. The van der Waals surface area contributed by atoms with E-state index in [-0.39, 0.29) is 5.91 Å². The topological polar surface area (TPSA) is 64.7 Å². The standard InChI is InChI=1S/C22H23N5O/c28-22(24-13-6-15-26-16-14-23-17-26)12-11-21-25-19-9-4-5-10-20(19)27(21)18-7-2-1-3-8-18/h1-5,7-10,14,16-17H,6,11-13,15H2,(H,24,28). The van der Waals surface area contributed by atoms with Gasteiger partial charge in [0, 0.05) is 44.0 Å². The van der Waals surface area contributed by atoms with Gasteiger partial charge in [-0.15, -0.1) is 0 Å². The van der Waals surface area contributed by atoms with Crippen molar-refractivity contribution in [3.05, 3.63) is 79.1 Å². The van der Waals surface area contributed by atoms with Crippen LogP contribution < -0.4 is 5.32 Å². The largest absolute Gasteiger partial charge is 0.356 e. The number of aryl methyl sites for hydroxylation is 2. The second-order valence-electron chi connectivity index (χ2n) is 6.69. The SMILES string of the molecule is O=C(CCc1nc2ccccc2n1-c1ccccc1)NCCCn1ccnc1. The van der Waals surface area contributed by atoms with E-state index < -0.39 is 0 Å². The van der Waals surface area contributed by atoms with Gasteiger partial charge in [-0.05, 0) is 30.7 Å². The summed E-state index contributed by atoms with van der Waals surface area (Å²) >= 11 is 0. The first kappa shape index (κ1) is 18.0. The Kier molecular flexibility index (Phi) is 5.47. The van der Waals surface area contributed by atoms with Crippen LogP contribution in [-0.2, 0) is 17.8 Å². The number of benzene rings is 2. The van der Waals surface area contributed by atoms with Gasteiger partial charge < -0.3 is 9.88 Å². The molecule has 4 aromatic rings. The Morgan fingerprint density at radius 2 is 1.86 bits per heavy atom. The molecule has 0 aliphatic heterocycles. The number of para-hydroxylation sites is 3. The van der Waals surface area contributed by atoms with Gasteiger partial charge in [0.1, 0.15) is 5.82 Å². The highest BCUT2D eigenvalue weighted by Gasteiger charge is 2.13. The number of rotatable bonds is 8. The highest BCUT2D eigenvalue weighted by Crippen LogP contribution is 2.22. The van der Waals surface area contributed by atoms with Crippen LogP contribution in [0.5, 0.6) is 0 Å². The minimum atomic E-state index is 0.0531. The lowest BCUT2D eigenvalue weighted by Gasteiger charge is -2.10. The van der Waals surface area contributed by atoms with Crippen molar-refractivity contribution in [3.8, 4) is 5.69 Å². The molecule has 28 heavy (non-hydrogen) atoms. The molecule has 1 N–H and O–H groups in total. The van der Waals surface area contributed by atoms with E-state index in [0.717, 1.165) is 35.5 Å². The van der Waals surface area contributed by atoms with Crippen LogP contribution in [0.2, 0.25) is 0 Å². The van der Waals surface area contributed by atoms with Crippen molar-refractivity contribution in [1.29, 1.82) is 0 Å². The summed E-state index contributed by atoms with van der Waals surface area (Å²) in [5.74, 6) is 0.957. The van der Waals surface area contributed by atoms with Gasteiger partial charge in [-0.2, -0.15) is 0 Å².